The van der Waals surface area contributed by atoms with Crippen molar-refractivity contribution in [2.75, 3.05) is 18.5 Å². The van der Waals surface area contributed by atoms with Gasteiger partial charge in [-0.05, 0) is 61.8 Å². The first-order valence-corrected chi connectivity index (χ1v) is 11.7. The lowest BCUT2D eigenvalue weighted by Crippen LogP contribution is -2.32. The molecule has 1 aliphatic heterocycles. The van der Waals surface area contributed by atoms with Gasteiger partial charge in [-0.25, -0.2) is 19.3 Å². The molecule has 1 N–H and O–H groups in total. The van der Waals surface area contributed by atoms with Crippen LogP contribution in [-0.2, 0) is 11.2 Å². The maximum absolute atomic E-state index is 14.5. The summed E-state index contributed by atoms with van der Waals surface area (Å²) >= 11 is 0. The minimum atomic E-state index is -0.345. The maximum Gasteiger partial charge on any atom is 0.186 e. The van der Waals surface area contributed by atoms with Crippen molar-refractivity contribution >= 4 is 22.4 Å². The molecule has 2 aromatic heterocycles. The monoisotopic (exact) mass is 449 g/mol. The van der Waals surface area contributed by atoms with E-state index in [0.29, 0.717) is 24.5 Å². The average molecular weight is 450 g/mol. The standard InChI is InChI=1S/C25H28FN5O2/c1-2-20-23(26)25(30-15-29-20)31-18-3-5-19(6-4-18)33-22-14-17(16-7-11-32-12-8-16)13-21-24(22)28-10-9-27-21/h7,9-10,13-15,18-19H,2-6,8,11-12H2,1H3,(H,29,30,31)/t18-,19+. The normalized spacial score (nSPS) is 21.0. The van der Waals surface area contributed by atoms with Gasteiger partial charge in [-0.3, -0.25) is 4.98 Å². The highest BCUT2D eigenvalue weighted by molar-refractivity contribution is 5.86. The largest absolute Gasteiger partial charge is 0.488 e. The molecule has 0 spiro atoms. The molecule has 0 radical (unpaired) electrons. The molecule has 1 saturated carbocycles. The lowest BCUT2D eigenvalue weighted by atomic mass is 9.92. The number of aryl methyl sites for hydroxylation is 1. The minimum Gasteiger partial charge on any atom is -0.488 e. The predicted octanol–water partition coefficient (Wildman–Crippen LogP) is 4.73. The van der Waals surface area contributed by atoms with E-state index in [2.05, 4.69) is 43.5 Å². The van der Waals surface area contributed by atoms with Crippen LogP contribution in [0.5, 0.6) is 5.75 Å². The molecule has 0 bridgehead atoms. The van der Waals surface area contributed by atoms with Crippen molar-refractivity contribution < 1.29 is 13.9 Å². The van der Waals surface area contributed by atoms with E-state index < -0.39 is 0 Å². The van der Waals surface area contributed by atoms with Crippen molar-refractivity contribution in [1.29, 1.82) is 0 Å². The summed E-state index contributed by atoms with van der Waals surface area (Å²) in [4.78, 5) is 17.1. The van der Waals surface area contributed by atoms with Crippen LogP contribution in [-0.4, -0.2) is 45.3 Å². The zero-order valence-corrected chi connectivity index (χ0v) is 18.8. The smallest absolute Gasteiger partial charge is 0.186 e. The van der Waals surface area contributed by atoms with E-state index in [1.54, 1.807) is 12.4 Å². The van der Waals surface area contributed by atoms with Gasteiger partial charge < -0.3 is 14.8 Å². The van der Waals surface area contributed by atoms with Gasteiger partial charge in [0, 0.05) is 18.4 Å². The molecule has 0 unspecified atom stereocenters. The van der Waals surface area contributed by atoms with Crippen LogP contribution in [0.25, 0.3) is 16.6 Å². The molecule has 3 heterocycles. The van der Waals surface area contributed by atoms with E-state index in [0.717, 1.165) is 61.1 Å². The number of hydrogen-bond donors (Lipinski definition) is 1. The predicted molar refractivity (Wildman–Crippen MR) is 125 cm³/mol. The van der Waals surface area contributed by atoms with E-state index in [1.807, 2.05) is 6.92 Å². The minimum absolute atomic E-state index is 0.0774. The highest BCUT2D eigenvalue weighted by atomic mass is 19.1. The van der Waals surface area contributed by atoms with Gasteiger partial charge in [0.1, 0.15) is 17.6 Å². The fourth-order valence-electron chi connectivity index (χ4n) is 4.56. The van der Waals surface area contributed by atoms with Gasteiger partial charge in [0.2, 0.25) is 0 Å². The molecule has 0 atom stereocenters. The second-order valence-corrected chi connectivity index (χ2v) is 8.53. The molecule has 1 fully saturated rings. The Morgan fingerprint density at radius 1 is 1.09 bits per heavy atom. The Morgan fingerprint density at radius 3 is 2.73 bits per heavy atom. The number of anilines is 1. The van der Waals surface area contributed by atoms with Gasteiger partial charge in [0.05, 0.1) is 30.5 Å². The second kappa shape index (κ2) is 9.79. The Kier molecular flexibility index (Phi) is 6.44. The van der Waals surface area contributed by atoms with Crippen LogP contribution in [0.1, 0.15) is 50.3 Å². The molecular weight excluding hydrogens is 421 g/mol. The van der Waals surface area contributed by atoms with Gasteiger partial charge in [-0.1, -0.05) is 13.0 Å². The second-order valence-electron chi connectivity index (χ2n) is 8.53. The van der Waals surface area contributed by atoms with Crippen molar-refractivity contribution in [1.82, 2.24) is 19.9 Å². The molecule has 1 aromatic carbocycles. The van der Waals surface area contributed by atoms with E-state index in [-0.39, 0.29) is 18.0 Å². The van der Waals surface area contributed by atoms with E-state index in [1.165, 1.54) is 11.9 Å². The number of nitrogens with zero attached hydrogens (tertiary/aromatic N) is 4. The molecule has 8 heteroatoms. The topological polar surface area (TPSA) is 82.1 Å². The molecule has 1 aliphatic carbocycles. The first-order chi connectivity index (χ1) is 16.2. The van der Waals surface area contributed by atoms with Crippen molar-refractivity contribution in [2.24, 2.45) is 0 Å². The first-order valence-electron chi connectivity index (χ1n) is 11.7. The Balaban J connectivity index is 1.29. The molecule has 2 aliphatic rings. The van der Waals surface area contributed by atoms with E-state index in [4.69, 9.17) is 9.47 Å². The summed E-state index contributed by atoms with van der Waals surface area (Å²) in [5.41, 5.74) is 4.42. The van der Waals surface area contributed by atoms with Crippen LogP contribution in [0.3, 0.4) is 0 Å². The number of fused-ring (bicyclic) bond motifs is 1. The Morgan fingerprint density at radius 2 is 1.94 bits per heavy atom. The van der Waals surface area contributed by atoms with Gasteiger partial charge >= 0.3 is 0 Å². The molecule has 3 aromatic rings. The van der Waals surface area contributed by atoms with Crippen LogP contribution < -0.4 is 10.1 Å². The maximum atomic E-state index is 14.5. The molecule has 0 amide bonds. The van der Waals surface area contributed by atoms with Crippen molar-refractivity contribution in [3.8, 4) is 5.75 Å². The number of aromatic nitrogens is 4. The fraction of sp³-hybridized carbons (Fsp3) is 0.440. The first kappa shape index (κ1) is 21.7. The number of benzene rings is 1. The lowest BCUT2D eigenvalue weighted by molar-refractivity contribution is 0.151. The third kappa shape index (κ3) is 4.80. The number of ether oxygens (including phenoxy) is 2. The highest BCUT2D eigenvalue weighted by Gasteiger charge is 2.25. The number of hydrogen-bond acceptors (Lipinski definition) is 7. The van der Waals surface area contributed by atoms with Crippen LogP contribution in [0.15, 0.2) is 36.9 Å². The number of halogens is 1. The molecule has 7 nitrogen and oxygen atoms in total. The molecule has 5 rings (SSSR count). The van der Waals surface area contributed by atoms with E-state index in [9.17, 15) is 4.39 Å². The molecule has 0 saturated heterocycles. The molecule has 33 heavy (non-hydrogen) atoms. The van der Waals surface area contributed by atoms with Crippen LogP contribution >= 0.6 is 0 Å². The summed E-state index contributed by atoms with van der Waals surface area (Å²) in [6.07, 6.45) is 11.9. The highest BCUT2D eigenvalue weighted by Crippen LogP contribution is 2.33. The van der Waals surface area contributed by atoms with Gasteiger partial charge in [-0.2, -0.15) is 0 Å². The average Bonchev–Trinajstić information content (AvgIpc) is 2.87. The summed E-state index contributed by atoms with van der Waals surface area (Å²) in [5, 5.41) is 3.27. The van der Waals surface area contributed by atoms with Crippen LogP contribution in [0, 0.1) is 5.82 Å². The van der Waals surface area contributed by atoms with Gasteiger partial charge in [-0.15, -0.1) is 0 Å². The summed E-state index contributed by atoms with van der Waals surface area (Å²) < 4.78 is 26.4. The summed E-state index contributed by atoms with van der Waals surface area (Å²) in [6.45, 7) is 3.25. The fourth-order valence-corrected chi connectivity index (χ4v) is 4.56. The Hall–Kier alpha value is -3.13. The SMILES string of the molecule is CCc1ncnc(N[C@H]2CC[C@@H](Oc3cc(C4=CCOCC4)cc4nccnc34)CC2)c1F. The van der Waals surface area contributed by atoms with Gasteiger partial charge in [0.25, 0.3) is 0 Å². The van der Waals surface area contributed by atoms with Crippen LogP contribution in [0.2, 0.25) is 0 Å². The number of rotatable bonds is 6. The van der Waals surface area contributed by atoms with Gasteiger partial charge in [0.15, 0.2) is 11.6 Å². The summed E-state index contributed by atoms with van der Waals surface area (Å²) in [7, 11) is 0. The Bertz CT molecular complexity index is 1160. The van der Waals surface area contributed by atoms with Crippen LogP contribution in [0.4, 0.5) is 10.2 Å². The zero-order chi connectivity index (χ0) is 22.6. The zero-order valence-electron chi connectivity index (χ0n) is 18.8. The lowest BCUT2D eigenvalue weighted by Gasteiger charge is -2.30. The third-order valence-corrected chi connectivity index (χ3v) is 6.38. The molecular formula is C25H28FN5O2. The Labute approximate surface area is 192 Å². The van der Waals surface area contributed by atoms with E-state index >= 15 is 0 Å². The molecule has 172 valence electrons. The van der Waals surface area contributed by atoms with Crippen molar-refractivity contribution in [3.05, 3.63) is 54.0 Å². The third-order valence-electron chi connectivity index (χ3n) is 6.38. The van der Waals surface area contributed by atoms with Crippen molar-refractivity contribution in [3.63, 3.8) is 0 Å². The number of nitrogens with one attached hydrogen (secondary N) is 1. The van der Waals surface area contributed by atoms with Crippen molar-refractivity contribution in [2.45, 2.75) is 57.6 Å². The quantitative estimate of drug-likeness (QED) is 0.583. The summed E-state index contributed by atoms with van der Waals surface area (Å²) in [6, 6.07) is 4.32. The summed E-state index contributed by atoms with van der Waals surface area (Å²) in [5.74, 6) is 0.724.